The minimum atomic E-state index is -3.47. The minimum absolute atomic E-state index is 0.214. The molecule has 2 aliphatic rings. The summed E-state index contributed by atoms with van der Waals surface area (Å²) in [7, 11) is -3.47. The third kappa shape index (κ3) is 3.24. The summed E-state index contributed by atoms with van der Waals surface area (Å²) < 4.78 is 43.4. The Kier molecular flexibility index (Phi) is 4.16. The number of sulfonamides is 1. The highest BCUT2D eigenvalue weighted by Crippen LogP contribution is 2.40. The molecule has 3 rings (SSSR count). The topological polar surface area (TPSA) is 65.1 Å². The monoisotopic (exact) mass is 341 g/mol. The van der Waals surface area contributed by atoms with Crippen molar-refractivity contribution in [2.75, 3.05) is 32.9 Å². The Balaban J connectivity index is 1.66. The molecular weight excluding hydrogens is 318 g/mol. The van der Waals surface area contributed by atoms with Crippen molar-refractivity contribution in [3.8, 4) is 5.75 Å². The van der Waals surface area contributed by atoms with Gasteiger partial charge in [0.15, 0.2) is 5.79 Å². The van der Waals surface area contributed by atoms with Crippen LogP contribution in [0.4, 0.5) is 0 Å². The number of benzene rings is 1. The van der Waals surface area contributed by atoms with Crippen LogP contribution in [0.5, 0.6) is 5.75 Å². The van der Waals surface area contributed by atoms with E-state index in [0.717, 1.165) is 0 Å². The first-order valence-corrected chi connectivity index (χ1v) is 9.21. The Hall–Kier alpha value is -1.15. The van der Waals surface area contributed by atoms with Gasteiger partial charge >= 0.3 is 0 Å². The Morgan fingerprint density at radius 2 is 1.70 bits per heavy atom. The van der Waals surface area contributed by atoms with Crippen LogP contribution in [0.1, 0.15) is 20.8 Å². The second kappa shape index (κ2) is 5.73. The van der Waals surface area contributed by atoms with E-state index in [1.54, 1.807) is 24.3 Å². The molecule has 2 saturated heterocycles. The van der Waals surface area contributed by atoms with E-state index < -0.39 is 15.8 Å². The van der Waals surface area contributed by atoms with Gasteiger partial charge in [-0.15, -0.1) is 0 Å². The predicted molar refractivity (Wildman–Crippen MR) is 84.8 cm³/mol. The fourth-order valence-corrected chi connectivity index (χ4v) is 4.48. The first-order valence-electron chi connectivity index (χ1n) is 7.77. The van der Waals surface area contributed by atoms with Gasteiger partial charge in [0, 0.05) is 18.5 Å². The van der Waals surface area contributed by atoms with Crippen LogP contribution in [0.3, 0.4) is 0 Å². The Labute approximate surface area is 137 Å². The van der Waals surface area contributed by atoms with E-state index in [9.17, 15) is 8.42 Å². The van der Waals surface area contributed by atoms with Gasteiger partial charge in [-0.3, -0.25) is 0 Å². The lowest BCUT2D eigenvalue weighted by Crippen LogP contribution is -2.65. The maximum absolute atomic E-state index is 12.6. The second-order valence-electron chi connectivity index (χ2n) is 6.65. The normalized spacial score (nSPS) is 23.4. The maximum Gasteiger partial charge on any atom is 0.243 e. The Bertz CT molecular complexity index is 650. The van der Waals surface area contributed by atoms with Crippen LogP contribution in [-0.2, 0) is 19.5 Å². The van der Waals surface area contributed by atoms with Crippen LogP contribution in [0.2, 0.25) is 0 Å². The molecule has 1 aromatic rings. The molecule has 1 aromatic carbocycles. The lowest BCUT2D eigenvalue weighted by molar-refractivity contribution is -0.299. The Morgan fingerprint density at radius 3 is 2.22 bits per heavy atom. The Morgan fingerprint density at radius 1 is 1.13 bits per heavy atom. The van der Waals surface area contributed by atoms with Crippen molar-refractivity contribution >= 4 is 10.0 Å². The molecular formula is C16H23NO5S. The van der Waals surface area contributed by atoms with Crippen molar-refractivity contribution in [3.05, 3.63) is 24.3 Å². The van der Waals surface area contributed by atoms with Gasteiger partial charge in [0.05, 0.1) is 24.7 Å². The lowest BCUT2D eigenvalue weighted by Gasteiger charge is -2.53. The van der Waals surface area contributed by atoms with Crippen LogP contribution >= 0.6 is 0 Å². The molecule has 0 atom stereocenters. The molecule has 0 bridgehead atoms. The molecule has 0 aromatic heterocycles. The third-order valence-corrected chi connectivity index (χ3v) is 6.05. The molecule has 2 fully saturated rings. The van der Waals surface area contributed by atoms with Crippen molar-refractivity contribution in [1.29, 1.82) is 0 Å². The van der Waals surface area contributed by atoms with Gasteiger partial charge in [-0.05, 0) is 45.0 Å². The highest BCUT2D eigenvalue weighted by Gasteiger charge is 2.52. The first kappa shape index (κ1) is 16.7. The molecule has 2 aliphatic heterocycles. The number of nitrogens with zero attached hydrogens (tertiary/aromatic N) is 1. The summed E-state index contributed by atoms with van der Waals surface area (Å²) in [6, 6.07) is 6.53. The fourth-order valence-electron chi connectivity index (χ4n) is 2.82. The first-order chi connectivity index (χ1) is 10.8. The quantitative estimate of drug-likeness (QED) is 0.836. The molecule has 128 valence electrons. The van der Waals surface area contributed by atoms with Crippen molar-refractivity contribution < 1.29 is 22.6 Å². The SMILES string of the molecule is CCOc1ccc(S(=O)(=O)N2CC3(COC(C)(C)OC3)C2)cc1. The van der Waals surface area contributed by atoms with E-state index in [0.29, 0.717) is 38.7 Å². The smallest absolute Gasteiger partial charge is 0.243 e. The molecule has 6 nitrogen and oxygen atoms in total. The molecule has 0 unspecified atom stereocenters. The van der Waals surface area contributed by atoms with Gasteiger partial charge in [0.1, 0.15) is 5.75 Å². The standard InChI is InChI=1S/C16H23NO5S/c1-4-20-13-5-7-14(8-6-13)23(18,19)17-9-16(10-17)11-21-15(2,3)22-12-16/h5-8H,4,9-12H2,1-3H3. The summed E-state index contributed by atoms with van der Waals surface area (Å²) in [5, 5.41) is 0. The lowest BCUT2D eigenvalue weighted by atomic mass is 9.82. The number of ether oxygens (including phenoxy) is 3. The van der Waals surface area contributed by atoms with Crippen molar-refractivity contribution in [2.24, 2.45) is 5.41 Å². The third-order valence-electron chi connectivity index (χ3n) is 4.25. The van der Waals surface area contributed by atoms with Crippen molar-refractivity contribution in [2.45, 2.75) is 31.5 Å². The highest BCUT2D eigenvalue weighted by molar-refractivity contribution is 7.89. The number of hydrogen-bond acceptors (Lipinski definition) is 5. The molecule has 0 amide bonds. The van der Waals surface area contributed by atoms with E-state index in [1.807, 2.05) is 20.8 Å². The zero-order chi connectivity index (χ0) is 16.7. The summed E-state index contributed by atoms with van der Waals surface area (Å²) in [4.78, 5) is 0.286. The molecule has 0 radical (unpaired) electrons. The van der Waals surface area contributed by atoms with E-state index in [2.05, 4.69) is 0 Å². The largest absolute Gasteiger partial charge is 0.494 e. The summed E-state index contributed by atoms with van der Waals surface area (Å²) in [5.74, 6) is 0.0856. The highest BCUT2D eigenvalue weighted by atomic mass is 32.2. The van der Waals surface area contributed by atoms with Crippen molar-refractivity contribution in [1.82, 2.24) is 4.31 Å². The summed E-state index contributed by atoms with van der Waals surface area (Å²) in [6.45, 7) is 8.08. The molecule has 7 heteroatoms. The number of rotatable bonds is 4. The zero-order valence-electron chi connectivity index (χ0n) is 13.7. The van der Waals surface area contributed by atoms with E-state index >= 15 is 0 Å². The van der Waals surface area contributed by atoms with Gasteiger partial charge in [-0.2, -0.15) is 4.31 Å². The van der Waals surface area contributed by atoms with Crippen LogP contribution in [0.15, 0.2) is 29.2 Å². The van der Waals surface area contributed by atoms with Crippen molar-refractivity contribution in [3.63, 3.8) is 0 Å². The summed E-state index contributed by atoms with van der Waals surface area (Å²) in [5.41, 5.74) is -0.214. The fraction of sp³-hybridized carbons (Fsp3) is 0.625. The maximum atomic E-state index is 12.6. The summed E-state index contributed by atoms with van der Waals surface area (Å²) >= 11 is 0. The van der Waals surface area contributed by atoms with Crippen LogP contribution in [-0.4, -0.2) is 51.4 Å². The average Bonchev–Trinajstić information content (AvgIpc) is 2.46. The molecule has 0 aliphatic carbocycles. The predicted octanol–water partition coefficient (Wildman–Crippen LogP) is 1.86. The second-order valence-corrected chi connectivity index (χ2v) is 8.59. The van der Waals surface area contributed by atoms with Gasteiger partial charge in [-0.25, -0.2) is 8.42 Å². The van der Waals surface area contributed by atoms with E-state index in [4.69, 9.17) is 14.2 Å². The molecule has 0 N–H and O–H groups in total. The van der Waals surface area contributed by atoms with Gasteiger partial charge in [0.2, 0.25) is 10.0 Å². The molecule has 2 heterocycles. The van der Waals surface area contributed by atoms with Gasteiger partial charge in [0.25, 0.3) is 0 Å². The van der Waals surface area contributed by atoms with Crippen LogP contribution in [0, 0.1) is 5.41 Å². The minimum Gasteiger partial charge on any atom is -0.494 e. The molecule has 23 heavy (non-hydrogen) atoms. The average molecular weight is 341 g/mol. The molecule has 0 saturated carbocycles. The molecule has 1 spiro atoms. The van der Waals surface area contributed by atoms with Gasteiger partial charge in [-0.1, -0.05) is 0 Å². The van der Waals surface area contributed by atoms with Gasteiger partial charge < -0.3 is 14.2 Å². The zero-order valence-corrected chi connectivity index (χ0v) is 14.6. The van der Waals surface area contributed by atoms with Crippen LogP contribution < -0.4 is 4.74 Å². The van der Waals surface area contributed by atoms with E-state index in [-0.39, 0.29) is 10.3 Å². The van der Waals surface area contributed by atoms with E-state index in [1.165, 1.54) is 4.31 Å². The number of hydrogen-bond donors (Lipinski definition) is 0. The van der Waals surface area contributed by atoms with Crippen LogP contribution in [0.25, 0.3) is 0 Å². The summed E-state index contributed by atoms with van der Waals surface area (Å²) in [6.07, 6.45) is 0.